The van der Waals surface area contributed by atoms with Crippen molar-refractivity contribution in [3.8, 4) is 0 Å². The summed E-state index contributed by atoms with van der Waals surface area (Å²) in [5.74, 6) is -1.96. The second kappa shape index (κ2) is 6.85. The Morgan fingerprint density at radius 3 is 1.68 bits per heavy atom. The molecule has 0 aliphatic rings. The fourth-order valence-corrected chi connectivity index (χ4v) is 1.83. The van der Waals surface area contributed by atoms with E-state index in [9.17, 15) is 18.0 Å². The Morgan fingerprint density at radius 1 is 1.05 bits per heavy atom. The van der Waals surface area contributed by atoms with Crippen LogP contribution < -0.4 is 4.72 Å². The molecule has 0 spiro atoms. The molecule has 0 amide bonds. The van der Waals surface area contributed by atoms with Crippen molar-refractivity contribution in [2.24, 2.45) is 0 Å². The van der Waals surface area contributed by atoms with Crippen LogP contribution in [0.4, 0.5) is 0 Å². The summed E-state index contributed by atoms with van der Waals surface area (Å²) in [7, 11) is -3.88. The Labute approximate surface area is 113 Å². The van der Waals surface area contributed by atoms with E-state index in [0.717, 1.165) is 0 Å². The van der Waals surface area contributed by atoms with Crippen molar-refractivity contribution in [1.29, 1.82) is 0 Å². The lowest BCUT2D eigenvalue weighted by atomic mass is 10.3. The maximum absolute atomic E-state index is 12.0. The number of carbonyl (C=O) groups is 2. The second-order valence-corrected chi connectivity index (χ2v) is 7.14. The first-order valence-corrected chi connectivity index (χ1v) is 7.40. The zero-order valence-electron chi connectivity index (χ0n) is 11.8. The molecule has 0 aromatic carbocycles. The minimum atomic E-state index is -3.88. The van der Waals surface area contributed by atoms with Crippen molar-refractivity contribution >= 4 is 22.0 Å². The number of ether oxygens (including phenoxy) is 2. The quantitative estimate of drug-likeness (QED) is 0.555. The minimum absolute atomic E-state index is 0.0337. The summed E-state index contributed by atoms with van der Waals surface area (Å²) in [6, 6.07) is -1.68. The van der Waals surface area contributed by atoms with E-state index >= 15 is 0 Å². The van der Waals surface area contributed by atoms with E-state index in [4.69, 9.17) is 0 Å². The maximum Gasteiger partial charge on any atom is 0.335 e. The lowest BCUT2D eigenvalue weighted by Crippen LogP contribution is -2.52. The summed E-state index contributed by atoms with van der Waals surface area (Å²) < 4.78 is 34.1. The van der Waals surface area contributed by atoms with Crippen molar-refractivity contribution < 1.29 is 27.5 Å². The molecule has 0 saturated carbocycles. The van der Waals surface area contributed by atoms with Crippen LogP contribution in [0.25, 0.3) is 0 Å². The van der Waals surface area contributed by atoms with Gasteiger partial charge in [0.1, 0.15) is 0 Å². The molecule has 0 heterocycles. The third kappa shape index (κ3) is 5.15. The molecular formula is C11H21NO6S. The zero-order chi connectivity index (χ0) is 15.3. The minimum Gasteiger partial charge on any atom is -0.464 e. The third-order valence-corrected chi connectivity index (χ3v) is 4.28. The Hall–Kier alpha value is -1.15. The molecule has 0 aliphatic heterocycles. The van der Waals surface area contributed by atoms with Crippen LogP contribution in [0.1, 0.15) is 34.6 Å². The monoisotopic (exact) mass is 295 g/mol. The van der Waals surface area contributed by atoms with Crippen molar-refractivity contribution in [1.82, 2.24) is 4.72 Å². The van der Waals surface area contributed by atoms with Gasteiger partial charge in [0.25, 0.3) is 0 Å². The number of esters is 2. The van der Waals surface area contributed by atoms with Gasteiger partial charge in [-0.3, -0.25) is 0 Å². The molecule has 112 valence electrons. The van der Waals surface area contributed by atoms with E-state index in [2.05, 4.69) is 9.47 Å². The molecule has 0 fully saturated rings. The molecule has 0 unspecified atom stereocenters. The van der Waals surface area contributed by atoms with E-state index in [1.54, 1.807) is 13.8 Å². The highest BCUT2D eigenvalue weighted by atomic mass is 32.2. The molecule has 0 atom stereocenters. The first-order valence-electron chi connectivity index (χ1n) is 5.92. The summed E-state index contributed by atoms with van der Waals surface area (Å²) in [6.45, 7) is 7.52. The molecule has 0 aromatic heterocycles. The van der Waals surface area contributed by atoms with Gasteiger partial charge in [-0.15, -0.1) is 0 Å². The summed E-state index contributed by atoms with van der Waals surface area (Å²) >= 11 is 0. The van der Waals surface area contributed by atoms with Gasteiger partial charge in [0.2, 0.25) is 16.1 Å². The van der Waals surface area contributed by atoms with Gasteiger partial charge >= 0.3 is 11.9 Å². The van der Waals surface area contributed by atoms with Crippen LogP contribution in [-0.2, 0) is 29.1 Å². The Balaban J connectivity index is 5.18. The molecule has 0 saturated heterocycles. The molecular weight excluding hydrogens is 274 g/mol. The van der Waals surface area contributed by atoms with Crippen LogP contribution in [0.3, 0.4) is 0 Å². The van der Waals surface area contributed by atoms with Gasteiger partial charge in [-0.05, 0) is 34.6 Å². The Morgan fingerprint density at radius 2 is 1.42 bits per heavy atom. The SMILES string of the molecule is CCOC(=O)C(NS(=O)(=O)C(C)(C)C)C(=O)OCC. The maximum atomic E-state index is 12.0. The lowest BCUT2D eigenvalue weighted by Gasteiger charge is -2.23. The number of nitrogens with one attached hydrogen (secondary N) is 1. The molecule has 7 nitrogen and oxygen atoms in total. The van der Waals surface area contributed by atoms with Gasteiger partial charge in [-0.1, -0.05) is 0 Å². The first-order chi connectivity index (χ1) is 8.56. The first kappa shape index (κ1) is 17.8. The van der Waals surface area contributed by atoms with Crippen molar-refractivity contribution in [2.75, 3.05) is 13.2 Å². The smallest absolute Gasteiger partial charge is 0.335 e. The number of sulfonamides is 1. The van der Waals surface area contributed by atoms with Crippen LogP contribution in [0.2, 0.25) is 0 Å². The standard InChI is InChI=1S/C11H21NO6S/c1-6-17-9(13)8(10(14)18-7-2)12-19(15,16)11(3,4)5/h8,12H,6-7H2,1-5H3. The average molecular weight is 295 g/mol. The van der Waals surface area contributed by atoms with Gasteiger partial charge < -0.3 is 9.47 Å². The summed E-state index contributed by atoms with van der Waals surface area (Å²) in [6.07, 6.45) is 0. The molecule has 8 heteroatoms. The summed E-state index contributed by atoms with van der Waals surface area (Å²) in [5, 5.41) is 0. The van der Waals surface area contributed by atoms with Crippen LogP contribution in [-0.4, -0.2) is 44.4 Å². The van der Waals surface area contributed by atoms with Gasteiger partial charge in [0, 0.05) is 0 Å². The normalized spacial score (nSPS) is 12.3. The average Bonchev–Trinajstić information content (AvgIpc) is 2.24. The van der Waals surface area contributed by atoms with Crippen LogP contribution in [0.5, 0.6) is 0 Å². The lowest BCUT2D eigenvalue weighted by molar-refractivity contribution is -0.157. The van der Waals surface area contributed by atoms with Gasteiger partial charge in [-0.2, -0.15) is 4.72 Å². The molecule has 0 bridgehead atoms. The summed E-state index contributed by atoms with van der Waals surface area (Å²) in [5.41, 5.74) is 0. The number of hydrogen-bond donors (Lipinski definition) is 1. The van der Waals surface area contributed by atoms with Gasteiger partial charge in [0.05, 0.1) is 18.0 Å². The predicted molar refractivity (Wildman–Crippen MR) is 68.9 cm³/mol. The van der Waals surface area contributed by atoms with Gasteiger partial charge in [0.15, 0.2) is 0 Å². The second-order valence-electron chi connectivity index (χ2n) is 4.67. The number of rotatable bonds is 6. The van der Waals surface area contributed by atoms with E-state index in [1.807, 2.05) is 4.72 Å². The largest absolute Gasteiger partial charge is 0.464 e. The zero-order valence-corrected chi connectivity index (χ0v) is 12.7. The Bertz CT molecular complexity index is 405. The van der Waals surface area contributed by atoms with Crippen LogP contribution in [0.15, 0.2) is 0 Å². The van der Waals surface area contributed by atoms with Crippen LogP contribution >= 0.6 is 0 Å². The van der Waals surface area contributed by atoms with E-state index < -0.39 is 32.8 Å². The van der Waals surface area contributed by atoms with E-state index in [-0.39, 0.29) is 13.2 Å². The van der Waals surface area contributed by atoms with Gasteiger partial charge in [-0.25, -0.2) is 18.0 Å². The molecule has 0 rings (SSSR count). The van der Waals surface area contributed by atoms with E-state index in [1.165, 1.54) is 20.8 Å². The number of hydrogen-bond acceptors (Lipinski definition) is 6. The van der Waals surface area contributed by atoms with Crippen LogP contribution in [0, 0.1) is 0 Å². The molecule has 0 aliphatic carbocycles. The molecule has 1 N–H and O–H groups in total. The third-order valence-electron chi connectivity index (χ3n) is 2.12. The van der Waals surface area contributed by atoms with Crippen molar-refractivity contribution in [3.63, 3.8) is 0 Å². The Kier molecular flexibility index (Phi) is 6.44. The fourth-order valence-electron chi connectivity index (χ4n) is 0.976. The molecule has 0 aromatic rings. The highest BCUT2D eigenvalue weighted by Gasteiger charge is 2.38. The number of carbonyl (C=O) groups excluding carboxylic acids is 2. The predicted octanol–water partition coefficient (Wildman–Crippen LogP) is 0.199. The fraction of sp³-hybridized carbons (Fsp3) is 0.818. The topological polar surface area (TPSA) is 98.8 Å². The molecule has 0 radical (unpaired) electrons. The van der Waals surface area contributed by atoms with Crippen molar-refractivity contribution in [3.05, 3.63) is 0 Å². The van der Waals surface area contributed by atoms with E-state index in [0.29, 0.717) is 0 Å². The highest BCUT2D eigenvalue weighted by Crippen LogP contribution is 2.14. The highest BCUT2D eigenvalue weighted by molar-refractivity contribution is 7.90. The van der Waals surface area contributed by atoms with Crippen molar-refractivity contribution in [2.45, 2.75) is 45.4 Å². The molecule has 19 heavy (non-hydrogen) atoms. The summed E-state index contributed by atoms with van der Waals surface area (Å²) in [4.78, 5) is 23.2.